The fourth-order valence-corrected chi connectivity index (χ4v) is 2.20. The summed E-state index contributed by atoms with van der Waals surface area (Å²) in [5.74, 6) is 0.840. The fourth-order valence-electron chi connectivity index (χ4n) is 1.95. The van der Waals surface area contributed by atoms with Crippen molar-refractivity contribution >= 4 is 12.2 Å². The van der Waals surface area contributed by atoms with Crippen molar-refractivity contribution in [2.75, 3.05) is 0 Å². The summed E-state index contributed by atoms with van der Waals surface area (Å²) in [4.78, 5) is 0. The summed E-state index contributed by atoms with van der Waals surface area (Å²) in [6.45, 7) is 2.30. The molecule has 1 saturated carbocycles. The average Bonchev–Trinajstić information content (AvgIpc) is 2.58. The predicted molar refractivity (Wildman–Crippen MR) is 49.5 cm³/mol. The van der Waals surface area contributed by atoms with E-state index < -0.39 is 0 Å². The predicted octanol–water partition coefficient (Wildman–Crippen LogP) is 2.30. The van der Waals surface area contributed by atoms with E-state index >= 15 is 0 Å². The standard InChI is InChI=1S/C8H13N3S/c1-6-2-3-7(4-6)11-5-9-10-8(11)12/h5-7H,2-4H2,1H3,(H,10,12). The topological polar surface area (TPSA) is 33.6 Å². The Morgan fingerprint density at radius 3 is 3.00 bits per heavy atom. The lowest BCUT2D eigenvalue weighted by atomic mass is 10.1. The summed E-state index contributed by atoms with van der Waals surface area (Å²) in [5, 5.41) is 6.71. The average molecular weight is 183 g/mol. The summed E-state index contributed by atoms with van der Waals surface area (Å²) in [6.07, 6.45) is 5.62. The second-order valence-corrected chi connectivity index (χ2v) is 4.03. The second kappa shape index (κ2) is 3.01. The van der Waals surface area contributed by atoms with Crippen LogP contribution >= 0.6 is 12.2 Å². The first-order valence-electron chi connectivity index (χ1n) is 4.39. The minimum Gasteiger partial charge on any atom is -0.304 e. The summed E-state index contributed by atoms with van der Waals surface area (Å²) in [5.41, 5.74) is 0. The molecular formula is C8H13N3S. The zero-order valence-electron chi connectivity index (χ0n) is 7.16. The third-order valence-corrected chi connectivity index (χ3v) is 2.94. The number of nitrogens with zero attached hydrogens (tertiary/aromatic N) is 2. The van der Waals surface area contributed by atoms with Gasteiger partial charge < -0.3 is 4.57 Å². The molecule has 3 nitrogen and oxygen atoms in total. The molecule has 0 radical (unpaired) electrons. The molecular weight excluding hydrogens is 170 g/mol. The molecule has 0 aliphatic heterocycles. The van der Waals surface area contributed by atoms with Crippen molar-refractivity contribution in [3.63, 3.8) is 0 Å². The normalized spacial score (nSPS) is 29.4. The van der Waals surface area contributed by atoms with Crippen molar-refractivity contribution in [3.05, 3.63) is 11.1 Å². The molecule has 66 valence electrons. The first-order valence-corrected chi connectivity index (χ1v) is 4.79. The SMILES string of the molecule is CC1CCC(n2cn[nH]c2=S)C1. The Morgan fingerprint density at radius 2 is 2.50 bits per heavy atom. The van der Waals surface area contributed by atoms with Crippen LogP contribution in [-0.4, -0.2) is 14.8 Å². The van der Waals surface area contributed by atoms with Gasteiger partial charge in [0.15, 0.2) is 4.77 Å². The Hall–Kier alpha value is -0.640. The summed E-state index contributed by atoms with van der Waals surface area (Å²) in [6, 6.07) is 0.589. The molecule has 1 heterocycles. The van der Waals surface area contributed by atoms with E-state index in [4.69, 9.17) is 12.2 Å². The van der Waals surface area contributed by atoms with E-state index in [-0.39, 0.29) is 0 Å². The maximum absolute atomic E-state index is 5.11. The van der Waals surface area contributed by atoms with Crippen LogP contribution in [-0.2, 0) is 0 Å². The van der Waals surface area contributed by atoms with E-state index in [0.717, 1.165) is 10.7 Å². The van der Waals surface area contributed by atoms with Gasteiger partial charge in [0.2, 0.25) is 0 Å². The van der Waals surface area contributed by atoms with Crippen LogP contribution in [0.15, 0.2) is 6.33 Å². The zero-order valence-corrected chi connectivity index (χ0v) is 7.97. The lowest BCUT2D eigenvalue weighted by Crippen LogP contribution is -2.03. The number of aromatic nitrogens is 3. The molecule has 1 aromatic heterocycles. The van der Waals surface area contributed by atoms with Crippen molar-refractivity contribution < 1.29 is 0 Å². The van der Waals surface area contributed by atoms with Gasteiger partial charge in [-0.1, -0.05) is 6.92 Å². The molecule has 1 fully saturated rings. The molecule has 1 aliphatic rings. The highest BCUT2D eigenvalue weighted by molar-refractivity contribution is 7.71. The van der Waals surface area contributed by atoms with E-state index in [1.807, 2.05) is 6.33 Å². The second-order valence-electron chi connectivity index (χ2n) is 3.64. The van der Waals surface area contributed by atoms with Crippen molar-refractivity contribution in [2.24, 2.45) is 5.92 Å². The van der Waals surface area contributed by atoms with Crippen LogP contribution in [0, 0.1) is 10.7 Å². The van der Waals surface area contributed by atoms with Gasteiger partial charge in [-0.25, -0.2) is 0 Å². The summed E-state index contributed by atoms with van der Waals surface area (Å²) in [7, 11) is 0. The van der Waals surface area contributed by atoms with Gasteiger partial charge in [-0.3, -0.25) is 5.10 Å². The molecule has 0 spiro atoms. The molecule has 2 rings (SSSR count). The molecule has 1 N–H and O–H groups in total. The molecule has 4 heteroatoms. The zero-order chi connectivity index (χ0) is 8.55. The molecule has 0 aromatic carbocycles. The third kappa shape index (κ3) is 1.31. The van der Waals surface area contributed by atoms with Crippen LogP contribution in [0.2, 0.25) is 0 Å². The summed E-state index contributed by atoms with van der Waals surface area (Å²) < 4.78 is 2.84. The first-order chi connectivity index (χ1) is 5.77. The van der Waals surface area contributed by atoms with E-state index in [2.05, 4.69) is 21.7 Å². The molecule has 1 aromatic rings. The van der Waals surface area contributed by atoms with E-state index in [1.165, 1.54) is 19.3 Å². The number of nitrogens with one attached hydrogen (secondary N) is 1. The van der Waals surface area contributed by atoms with Crippen molar-refractivity contribution in [2.45, 2.75) is 32.2 Å². The van der Waals surface area contributed by atoms with Gasteiger partial charge in [0.25, 0.3) is 0 Å². The Balaban J connectivity index is 2.21. The minimum absolute atomic E-state index is 0.589. The molecule has 12 heavy (non-hydrogen) atoms. The van der Waals surface area contributed by atoms with Gasteiger partial charge in [0.05, 0.1) is 0 Å². The van der Waals surface area contributed by atoms with Crippen LogP contribution in [0.3, 0.4) is 0 Å². The Labute approximate surface area is 76.8 Å². The lowest BCUT2D eigenvalue weighted by Gasteiger charge is -2.09. The Morgan fingerprint density at radius 1 is 1.67 bits per heavy atom. The number of hydrogen-bond donors (Lipinski definition) is 1. The first kappa shape index (κ1) is 7.98. The monoisotopic (exact) mass is 183 g/mol. The van der Waals surface area contributed by atoms with Gasteiger partial charge in [-0.15, -0.1) is 0 Å². The Bertz CT molecular complexity index is 314. The van der Waals surface area contributed by atoms with Gasteiger partial charge in [0.1, 0.15) is 6.33 Å². The molecule has 0 amide bonds. The van der Waals surface area contributed by atoms with Crippen LogP contribution in [0.25, 0.3) is 0 Å². The smallest absolute Gasteiger partial charge is 0.195 e. The third-order valence-electron chi connectivity index (χ3n) is 2.64. The van der Waals surface area contributed by atoms with Crippen molar-refractivity contribution in [3.8, 4) is 0 Å². The van der Waals surface area contributed by atoms with E-state index in [0.29, 0.717) is 6.04 Å². The molecule has 0 bridgehead atoms. The molecule has 2 unspecified atom stereocenters. The molecule has 1 aliphatic carbocycles. The molecule has 0 saturated heterocycles. The maximum Gasteiger partial charge on any atom is 0.195 e. The van der Waals surface area contributed by atoms with Gasteiger partial charge in [-0.05, 0) is 37.4 Å². The van der Waals surface area contributed by atoms with Crippen molar-refractivity contribution in [1.82, 2.24) is 14.8 Å². The highest BCUT2D eigenvalue weighted by atomic mass is 32.1. The van der Waals surface area contributed by atoms with Crippen LogP contribution < -0.4 is 0 Å². The van der Waals surface area contributed by atoms with Crippen molar-refractivity contribution in [1.29, 1.82) is 0 Å². The van der Waals surface area contributed by atoms with E-state index in [9.17, 15) is 0 Å². The summed E-state index contributed by atoms with van der Waals surface area (Å²) >= 11 is 5.11. The van der Waals surface area contributed by atoms with Crippen LogP contribution in [0.5, 0.6) is 0 Å². The van der Waals surface area contributed by atoms with Gasteiger partial charge >= 0.3 is 0 Å². The van der Waals surface area contributed by atoms with Crippen LogP contribution in [0.4, 0.5) is 0 Å². The van der Waals surface area contributed by atoms with Crippen LogP contribution in [0.1, 0.15) is 32.2 Å². The maximum atomic E-state index is 5.11. The fraction of sp³-hybridized carbons (Fsp3) is 0.750. The Kier molecular flexibility index (Phi) is 2.00. The van der Waals surface area contributed by atoms with Gasteiger partial charge in [0, 0.05) is 6.04 Å². The highest BCUT2D eigenvalue weighted by Gasteiger charge is 2.22. The number of H-pyrrole nitrogens is 1. The highest BCUT2D eigenvalue weighted by Crippen LogP contribution is 2.33. The quantitative estimate of drug-likeness (QED) is 0.678. The lowest BCUT2D eigenvalue weighted by molar-refractivity contribution is 0.488. The largest absolute Gasteiger partial charge is 0.304 e. The number of aromatic amines is 1. The van der Waals surface area contributed by atoms with Gasteiger partial charge in [-0.2, -0.15) is 5.10 Å². The van der Waals surface area contributed by atoms with E-state index in [1.54, 1.807) is 0 Å². The number of rotatable bonds is 1. The minimum atomic E-state index is 0.589. The molecule has 2 atom stereocenters. The number of hydrogen-bond acceptors (Lipinski definition) is 2.